The van der Waals surface area contributed by atoms with Gasteiger partial charge in [-0.3, -0.25) is 0 Å². The van der Waals surface area contributed by atoms with Crippen LogP contribution in [-0.4, -0.2) is 16.7 Å². The Morgan fingerprint density at radius 3 is 2.18 bits per heavy atom. The molecule has 3 rings (SSSR count). The second-order valence-electron chi connectivity index (χ2n) is 9.12. The Balaban J connectivity index is 2.07. The van der Waals surface area contributed by atoms with Gasteiger partial charge in [-0.1, -0.05) is 45.1 Å². The van der Waals surface area contributed by atoms with Crippen LogP contribution in [0.4, 0.5) is 14.5 Å². The minimum atomic E-state index is -2.92. The lowest BCUT2D eigenvalue weighted by atomic mass is 9.88. The molecule has 1 heterocycles. The number of ether oxygens (including phenoxy) is 1. The molecular formula is C27H29F2N2O2S+. The van der Waals surface area contributed by atoms with E-state index in [9.17, 15) is 13.9 Å². The van der Waals surface area contributed by atoms with Gasteiger partial charge < -0.3 is 15.2 Å². The van der Waals surface area contributed by atoms with Crippen LogP contribution in [0.25, 0.3) is 11.5 Å². The number of rotatable bonds is 6. The number of thiocarbonyl (C=S) groups is 1. The van der Waals surface area contributed by atoms with Crippen molar-refractivity contribution in [2.24, 2.45) is 0 Å². The van der Waals surface area contributed by atoms with E-state index in [1.807, 2.05) is 56.6 Å². The van der Waals surface area contributed by atoms with Crippen molar-refractivity contribution < 1.29 is 23.2 Å². The molecule has 178 valence electrons. The lowest BCUT2D eigenvalue weighted by Crippen LogP contribution is -2.39. The number of aromatic nitrogens is 1. The Bertz CT molecular complexity index is 1200. The molecule has 0 bridgehead atoms. The van der Waals surface area contributed by atoms with Crippen molar-refractivity contribution in [3.8, 4) is 5.75 Å². The highest BCUT2D eigenvalue weighted by Crippen LogP contribution is 2.25. The van der Waals surface area contributed by atoms with Crippen LogP contribution in [0.5, 0.6) is 5.75 Å². The van der Waals surface area contributed by atoms with Gasteiger partial charge in [0.25, 0.3) is 5.70 Å². The van der Waals surface area contributed by atoms with Gasteiger partial charge >= 0.3 is 6.61 Å². The summed E-state index contributed by atoms with van der Waals surface area (Å²) in [6.45, 7) is 7.41. The first-order chi connectivity index (χ1) is 16.0. The molecule has 0 fully saturated rings. The van der Waals surface area contributed by atoms with Crippen molar-refractivity contribution in [2.45, 2.75) is 46.6 Å². The van der Waals surface area contributed by atoms with E-state index in [-0.39, 0.29) is 16.9 Å². The molecule has 0 spiro atoms. The van der Waals surface area contributed by atoms with E-state index in [0.717, 1.165) is 22.4 Å². The molecule has 0 aliphatic heterocycles. The predicted octanol–water partition coefficient (Wildman–Crippen LogP) is 6.81. The van der Waals surface area contributed by atoms with Crippen LogP contribution in [0.1, 0.15) is 43.0 Å². The molecule has 3 aromatic rings. The maximum absolute atomic E-state index is 12.5. The predicted molar refractivity (Wildman–Crippen MR) is 136 cm³/mol. The van der Waals surface area contributed by atoms with E-state index in [1.165, 1.54) is 24.3 Å². The number of anilines is 1. The van der Waals surface area contributed by atoms with Gasteiger partial charge in [0.05, 0.1) is 0 Å². The summed E-state index contributed by atoms with van der Waals surface area (Å²) in [6, 6.07) is 15.7. The molecule has 1 aromatic heterocycles. The number of aliphatic hydroxyl groups is 1. The zero-order valence-corrected chi connectivity index (χ0v) is 20.7. The monoisotopic (exact) mass is 483 g/mol. The molecule has 4 nitrogen and oxygen atoms in total. The molecule has 0 unspecified atom stereocenters. The molecule has 0 radical (unpaired) electrons. The smallest absolute Gasteiger partial charge is 0.387 e. The van der Waals surface area contributed by atoms with E-state index < -0.39 is 6.61 Å². The van der Waals surface area contributed by atoms with E-state index in [2.05, 4.69) is 30.8 Å². The highest BCUT2D eigenvalue weighted by Gasteiger charge is 2.25. The summed E-state index contributed by atoms with van der Waals surface area (Å²) in [7, 11) is 0. The van der Waals surface area contributed by atoms with Crippen LogP contribution in [0.3, 0.4) is 0 Å². The van der Waals surface area contributed by atoms with E-state index in [0.29, 0.717) is 16.2 Å². The van der Waals surface area contributed by atoms with Crippen LogP contribution >= 0.6 is 12.2 Å². The summed E-state index contributed by atoms with van der Waals surface area (Å²) in [5.41, 5.74) is 4.78. The Morgan fingerprint density at radius 1 is 1.00 bits per heavy atom. The fourth-order valence-corrected chi connectivity index (χ4v) is 3.72. The molecule has 0 aliphatic rings. The molecule has 0 amide bonds. The molecular weight excluding hydrogens is 454 g/mol. The number of hydrogen-bond donors (Lipinski definition) is 2. The molecule has 0 atom stereocenters. The van der Waals surface area contributed by atoms with Crippen LogP contribution in [-0.2, 0) is 5.41 Å². The van der Waals surface area contributed by atoms with Crippen molar-refractivity contribution in [1.29, 1.82) is 0 Å². The highest BCUT2D eigenvalue weighted by atomic mass is 32.1. The summed E-state index contributed by atoms with van der Waals surface area (Å²) in [4.78, 5) is 0.313. The van der Waals surface area contributed by atoms with E-state index in [1.54, 1.807) is 4.57 Å². The standard InChI is InChI=1S/C27H28F2N2O2S/c1-17-6-7-18(2)22(16-17)30-25(34)23(31-14-12-20(13-15-31)27(3,4)5)24(32)19-8-10-21(11-9-19)33-26(28)29/h6-16,26H,1-5H3,(H-,30,32,34)/p+1. The molecule has 2 aromatic carbocycles. The van der Waals surface area contributed by atoms with Gasteiger partial charge in [0.1, 0.15) is 5.75 Å². The highest BCUT2D eigenvalue weighted by molar-refractivity contribution is 7.81. The Kier molecular flexibility index (Phi) is 7.67. The average molecular weight is 484 g/mol. The number of halogens is 2. The lowest BCUT2D eigenvalue weighted by molar-refractivity contribution is -0.575. The third kappa shape index (κ3) is 6.17. The van der Waals surface area contributed by atoms with Gasteiger partial charge in [0.2, 0.25) is 0 Å². The molecule has 0 aliphatic carbocycles. The molecule has 2 N–H and O–H groups in total. The summed E-state index contributed by atoms with van der Waals surface area (Å²) in [5.74, 6) is -0.0914. The van der Waals surface area contributed by atoms with Crippen molar-refractivity contribution in [2.75, 3.05) is 5.32 Å². The zero-order chi connectivity index (χ0) is 25.0. The zero-order valence-electron chi connectivity index (χ0n) is 19.9. The van der Waals surface area contributed by atoms with E-state index >= 15 is 0 Å². The van der Waals surface area contributed by atoms with Gasteiger partial charge in [-0.05, 0) is 66.3 Å². The van der Waals surface area contributed by atoms with Gasteiger partial charge in [-0.25, -0.2) is 0 Å². The summed E-state index contributed by atoms with van der Waals surface area (Å²) < 4.78 is 31.2. The van der Waals surface area contributed by atoms with Gasteiger partial charge in [0, 0.05) is 23.4 Å². The minimum absolute atomic E-state index is 0.00590. The Hall–Kier alpha value is -3.32. The fraction of sp³-hybridized carbons (Fsp3) is 0.259. The van der Waals surface area contributed by atoms with Crippen LogP contribution < -0.4 is 14.6 Å². The molecule has 34 heavy (non-hydrogen) atoms. The van der Waals surface area contributed by atoms with Crippen molar-refractivity contribution in [1.82, 2.24) is 0 Å². The average Bonchev–Trinajstić information content (AvgIpc) is 2.76. The maximum Gasteiger partial charge on any atom is 0.387 e. The summed E-state index contributed by atoms with van der Waals surface area (Å²) in [5, 5.41) is 14.5. The quantitative estimate of drug-likeness (QED) is 0.175. The van der Waals surface area contributed by atoms with Crippen LogP contribution in [0.15, 0.2) is 67.0 Å². The van der Waals surface area contributed by atoms with Crippen molar-refractivity contribution in [3.05, 3.63) is 89.2 Å². The number of alkyl halides is 2. The molecule has 0 saturated carbocycles. The third-order valence-corrected chi connectivity index (χ3v) is 5.68. The minimum Gasteiger partial charge on any atom is -0.502 e. The largest absolute Gasteiger partial charge is 0.502 e. The number of aryl methyl sites for hydroxylation is 2. The Labute approximate surface area is 204 Å². The Morgan fingerprint density at radius 2 is 1.62 bits per heavy atom. The topological polar surface area (TPSA) is 45.4 Å². The number of pyridine rings is 1. The third-order valence-electron chi connectivity index (χ3n) is 5.39. The first-order valence-corrected chi connectivity index (χ1v) is 11.3. The summed E-state index contributed by atoms with van der Waals surface area (Å²) >= 11 is 5.73. The second kappa shape index (κ2) is 10.3. The van der Waals surface area contributed by atoms with Gasteiger partial charge in [0.15, 0.2) is 23.1 Å². The number of aliphatic hydroxyl groups excluding tert-OH is 1. The van der Waals surface area contributed by atoms with Gasteiger partial charge in [-0.15, -0.1) is 0 Å². The molecule has 0 saturated heterocycles. The maximum atomic E-state index is 12.5. The van der Waals surface area contributed by atoms with Gasteiger partial charge in [-0.2, -0.15) is 13.3 Å². The number of benzene rings is 2. The van der Waals surface area contributed by atoms with Crippen molar-refractivity contribution in [3.63, 3.8) is 0 Å². The summed E-state index contributed by atoms with van der Waals surface area (Å²) in [6.07, 6.45) is 3.69. The number of nitrogens with one attached hydrogen (secondary N) is 1. The lowest BCUT2D eigenvalue weighted by Gasteiger charge is -2.18. The van der Waals surface area contributed by atoms with Crippen LogP contribution in [0, 0.1) is 13.8 Å². The normalized spacial score (nSPS) is 12.4. The molecule has 7 heteroatoms. The first kappa shape index (κ1) is 25.3. The van der Waals surface area contributed by atoms with Crippen molar-refractivity contribution >= 4 is 34.3 Å². The van der Waals surface area contributed by atoms with Crippen LogP contribution in [0.2, 0.25) is 0 Å². The second-order valence-corrected chi connectivity index (χ2v) is 9.52. The number of hydrogen-bond acceptors (Lipinski definition) is 3. The fourth-order valence-electron chi connectivity index (χ4n) is 3.41. The number of nitrogens with zero attached hydrogens (tertiary/aromatic N) is 1. The SMILES string of the molecule is Cc1ccc(C)c(NC(=S)/C(=C(\O)c2ccc(OC(F)F)cc2)[n+]2ccc(C(C)(C)C)cc2)c1. The van der Waals surface area contributed by atoms with E-state index in [4.69, 9.17) is 12.2 Å². The first-order valence-electron chi connectivity index (χ1n) is 10.8.